The van der Waals surface area contributed by atoms with Crippen molar-refractivity contribution >= 4 is 0 Å². The molecule has 0 radical (unpaired) electrons. The Morgan fingerprint density at radius 3 is 2.95 bits per heavy atom. The van der Waals surface area contributed by atoms with Gasteiger partial charge in [0.25, 0.3) is 0 Å². The number of rotatable bonds is 3. The van der Waals surface area contributed by atoms with Crippen LogP contribution in [0.25, 0.3) is 11.3 Å². The summed E-state index contributed by atoms with van der Waals surface area (Å²) in [6, 6.07) is 8.63. The van der Waals surface area contributed by atoms with E-state index in [0.717, 1.165) is 36.4 Å². The van der Waals surface area contributed by atoms with Crippen LogP contribution in [-0.4, -0.2) is 16.6 Å². The molecule has 0 unspecified atom stereocenters. The molecular weight excluding hydrogens is 283 g/mol. The highest BCUT2D eigenvalue weighted by Crippen LogP contribution is 2.31. The number of benzene rings is 1. The second kappa shape index (κ2) is 5.42. The number of aromatic nitrogens is 1. The summed E-state index contributed by atoms with van der Waals surface area (Å²) in [7, 11) is 0. The van der Waals surface area contributed by atoms with Crippen LogP contribution in [0.1, 0.15) is 16.9 Å². The van der Waals surface area contributed by atoms with Crippen LogP contribution in [0.15, 0.2) is 51.8 Å². The number of hydrogen-bond donors (Lipinski definition) is 0. The molecule has 0 bridgehead atoms. The lowest BCUT2D eigenvalue weighted by atomic mass is 10.0. The predicted molar refractivity (Wildman–Crippen MR) is 78.4 cm³/mol. The van der Waals surface area contributed by atoms with Crippen LogP contribution in [0.3, 0.4) is 0 Å². The fourth-order valence-electron chi connectivity index (χ4n) is 2.91. The Balaban J connectivity index is 1.64. The maximum atomic E-state index is 14.0. The lowest BCUT2D eigenvalue weighted by Gasteiger charge is -2.25. The molecule has 2 aromatic heterocycles. The lowest BCUT2D eigenvalue weighted by Crippen LogP contribution is -2.29. The second-order valence-corrected chi connectivity index (χ2v) is 5.51. The first-order chi connectivity index (χ1) is 10.8. The van der Waals surface area contributed by atoms with Crippen molar-refractivity contribution in [1.29, 1.82) is 0 Å². The van der Waals surface area contributed by atoms with Gasteiger partial charge in [0.2, 0.25) is 0 Å². The van der Waals surface area contributed by atoms with Crippen molar-refractivity contribution in [3.05, 3.63) is 65.6 Å². The molecule has 0 aliphatic carbocycles. The Bertz CT molecular complexity index is 780. The smallest absolute Gasteiger partial charge is 0.143 e. The molecule has 1 aromatic carbocycles. The molecule has 4 nitrogen and oxygen atoms in total. The van der Waals surface area contributed by atoms with Gasteiger partial charge in [-0.25, -0.2) is 4.39 Å². The van der Waals surface area contributed by atoms with Crippen LogP contribution in [0.4, 0.5) is 4.39 Å². The third-order valence-electron chi connectivity index (χ3n) is 4.02. The normalized spacial score (nSPS) is 15.0. The van der Waals surface area contributed by atoms with E-state index in [9.17, 15) is 4.39 Å². The largest absolute Gasteiger partial charge is 0.472 e. The first-order valence-corrected chi connectivity index (χ1v) is 7.27. The fraction of sp³-hybridized carbons (Fsp3) is 0.235. The molecule has 0 N–H and O–H groups in total. The summed E-state index contributed by atoms with van der Waals surface area (Å²) >= 11 is 0. The zero-order valence-electron chi connectivity index (χ0n) is 12.0. The predicted octanol–water partition coefficient (Wildman–Crippen LogP) is 3.63. The minimum absolute atomic E-state index is 0.273. The van der Waals surface area contributed by atoms with Gasteiger partial charge < -0.3 is 8.94 Å². The van der Waals surface area contributed by atoms with Gasteiger partial charge in [0.1, 0.15) is 17.3 Å². The van der Waals surface area contributed by atoms with Crippen molar-refractivity contribution in [2.45, 2.75) is 19.5 Å². The molecule has 0 amide bonds. The Hall–Kier alpha value is -2.40. The standard InChI is InChI=1S/C17H15FN2O2/c18-15-4-2-1-3-13(15)17-14-10-20(7-5-16(14)22-19-17)9-12-6-8-21-11-12/h1-4,6,8,11H,5,7,9-10H2. The maximum Gasteiger partial charge on any atom is 0.143 e. The van der Waals surface area contributed by atoms with Gasteiger partial charge in [-0.3, -0.25) is 4.90 Å². The first kappa shape index (κ1) is 13.3. The van der Waals surface area contributed by atoms with Crippen LogP contribution in [0.2, 0.25) is 0 Å². The molecule has 112 valence electrons. The van der Waals surface area contributed by atoms with Crippen molar-refractivity contribution in [2.75, 3.05) is 6.54 Å². The van der Waals surface area contributed by atoms with Crippen LogP contribution >= 0.6 is 0 Å². The topological polar surface area (TPSA) is 42.4 Å². The van der Waals surface area contributed by atoms with Gasteiger partial charge in [0, 0.05) is 42.7 Å². The average Bonchev–Trinajstić information content (AvgIpc) is 3.17. The fourth-order valence-corrected chi connectivity index (χ4v) is 2.91. The summed E-state index contributed by atoms with van der Waals surface area (Å²) in [6.45, 7) is 2.40. The summed E-state index contributed by atoms with van der Waals surface area (Å²) in [5.74, 6) is 0.590. The maximum absolute atomic E-state index is 14.0. The highest BCUT2D eigenvalue weighted by Gasteiger charge is 2.26. The van der Waals surface area contributed by atoms with E-state index in [1.807, 2.05) is 12.1 Å². The SMILES string of the molecule is Fc1ccccc1-c1noc2c1CN(Cc1ccoc1)CC2. The Morgan fingerprint density at radius 1 is 1.23 bits per heavy atom. The quantitative estimate of drug-likeness (QED) is 0.740. The summed E-state index contributed by atoms with van der Waals surface area (Å²) < 4.78 is 24.5. The second-order valence-electron chi connectivity index (χ2n) is 5.51. The number of furan rings is 1. The van der Waals surface area contributed by atoms with E-state index < -0.39 is 0 Å². The molecule has 3 aromatic rings. The van der Waals surface area contributed by atoms with Gasteiger partial charge >= 0.3 is 0 Å². The van der Waals surface area contributed by atoms with Gasteiger partial charge in [-0.05, 0) is 18.2 Å². The third-order valence-corrected chi connectivity index (χ3v) is 4.02. The minimum atomic E-state index is -0.273. The molecular formula is C17H15FN2O2. The molecule has 5 heteroatoms. The van der Waals surface area contributed by atoms with E-state index in [2.05, 4.69) is 10.1 Å². The molecule has 3 heterocycles. The average molecular weight is 298 g/mol. The number of nitrogens with zero attached hydrogens (tertiary/aromatic N) is 2. The van der Waals surface area contributed by atoms with Crippen molar-refractivity contribution < 1.29 is 13.3 Å². The van der Waals surface area contributed by atoms with E-state index in [4.69, 9.17) is 8.94 Å². The van der Waals surface area contributed by atoms with Gasteiger partial charge in [0.05, 0.1) is 12.5 Å². The number of fused-ring (bicyclic) bond motifs is 1. The van der Waals surface area contributed by atoms with E-state index >= 15 is 0 Å². The minimum Gasteiger partial charge on any atom is -0.472 e. The molecule has 22 heavy (non-hydrogen) atoms. The van der Waals surface area contributed by atoms with E-state index in [-0.39, 0.29) is 5.82 Å². The van der Waals surface area contributed by atoms with E-state index in [1.54, 1.807) is 24.7 Å². The van der Waals surface area contributed by atoms with Crippen LogP contribution in [0.5, 0.6) is 0 Å². The summed E-state index contributed by atoms with van der Waals surface area (Å²) in [6.07, 6.45) is 4.21. The molecule has 1 aliphatic rings. The van der Waals surface area contributed by atoms with Crippen LogP contribution < -0.4 is 0 Å². The van der Waals surface area contributed by atoms with Crippen molar-refractivity contribution in [1.82, 2.24) is 10.1 Å². The number of hydrogen-bond acceptors (Lipinski definition) is 4. The van der Waals surface area contributed by atoms with Crippen LogP contribution in [0, 0.1) is 5.82 Å². The molecule has 1 aliphatic heterocycles. The molecule has 0 saturated heterocycles. The summed E-state index contributed by atoms with van der Waals surface area (Å²) in [4.78, 5) is 2.29. The van der Waals surface area contributed by atoms with Crippen molar-refractivity contribution in [3.63, 3.8) is 0 Å². The Morgan fingerprint density at radius 2 is 2.14 bits per heavy atom. The third kappa shape index (κ3) is 2.33. The Kier molecular flexibility index (Phi) is 3.27. The highest BCUT2D eigenvalue weighted by atomic mass is 19.1. The van der Waals surface area contributed by atoms with E-state index in [1.165, 1.54) is 6.07 Å². The molecule has 0 atom stereocenters. The van der Waals surface area contributed by atoms with Gasteiger partial charge in [-0.2, -0.15) is 0 Å². The van der Waals surface area contributed by atoms with Crippen molar-refractivity contribution in [3.8, 4) is 11.3 Å². The summed E-state index contributed by atoms with van der Waals surface area (Å²) in [5.41, 5.74) is 3.23. The number of halogens is 1. The summed E-state index contributed by atoms with van der Waals surface area (Å²) in [5, 5.41) is 4.10. The Labute approximate surface area is 127 Å². The molecule has 0 fully saturated rings. The van der Waals surface area contributed by atoms with Gasteiger partial charge in [0.15, 0.2) is 0 Å². The lowest BCUT2D eigenvalue weighted by molar-refractivity contribution is 0.228. The first-order valence-electron chi connectivity index (χ1n) is 7.27. The molecule has 0 saturated carbocycles. The highest BCUT2D eigenvalue weighted by molar-refractivity contribution is 5.64. The molecule has 4 rings (SSSR count). The molecule has 0 spiro atoms. The van der Waals surface area contributed by atoms with Gasteiger partial charge in [-0.15, -0.1) is 0 Å². The monoisotopic (exact) mass is 298 g/mol. The van der Waals surface area contributed by atoms with Crippen molar-refractivity contribution in [2.24, 2.45) is 0 Å². The zero-order valence-corrected chi connectivity index (χ0v) is 12.0. The van der Waals surface area contributed by atoms with E-state index in [0.29, 0.717) is 17.8 Å². The van der Waals surface area contributed by atoms with Gasteiger partial charge in [-0.1, -0.05) is 17.3 Å². The van der Waals surface area contributed by atoms with Crippen LogP contribution in [-0.2, 0) is 19.5 Å². The zero-order chi connectivity index (χ0) is 14.9.